The van der Waals surface area contributed by atoms with Crippen LogP contribution in [0.2, 0.25) is 0 Å². The Morgan fingerprint density at radius 2 is 1.75 bits per heavy atom. The molecule has 0 saturated carbocycles. The monoisotopic (exact) mass is 412 g/mol. The first-order chi connectivity index (χ1) is 13.1. The second-order valence-electron chi connectivity index (χ2n) is 7.09. The number of amides is 3. The van der Waals surface area contributed by atoms with Gasteiger partial charge in [-0.3, -0.25) is 4.79 Å². The number of nitrogens with one attached hydrogen (secondary N) is 2. The standard InChI is InChI=1S/C18H28N4O5S/c1-12(2)16(21-18(19)24)17(23)20-13-8-10-22(11-9-13)28(25,26)15-6-4-14(27-3)5-7-15/h4-7,12-13,16H,8-11H2,1-3H3,(H,20,23)(H3,19,21,24)/t16-/m1/s1. The quantitative estimate of drug-likeness (QED) is 0.605. The molecule has 1 heterocycles. The zero-order valence-electron chi connectivity index (χ0n) is 16.3. The average Bonchev–Trinajstić information content (AvgIpc) is 2.66. The van der Waals surface area contributed by atoms with E-state index in [1.54, 1.807) is 12.1 Å². The number of primary amides is 1. The molecular formula is C18H28N4O5S. The van der Waals surface area contributed by atoms with E-state index in [0.29, 0.717) is 31.7 Å². The lowest BCUT2D eigenvalue weighted by Crippen LogP contribution is -2.55. The largest absolute Gasteiger partial charge is 0.497 e. The van der Waals surface area contributed by atoms with Gasteiger partial charge in [-0.25, -0.2) is 13.2 Å². The SMILES string of the molecule is COc1ccc(S(=O)(=O)N2CCC(NC(=O)[C@H](NC(N)=O)C(C)C)CC2)cc1. The molecule has 1 saturated heterocycles. The summed E-state index contributed by atoms with van der Waals surface area (Å²) >= 11 is 0. The molecule has 0 unspecified atom stereocenters. The summed E-state index contributed by atoms with van der Waals surface area (Å²) < 4.78 is 32.0. The second-order valence-corrected chi connectivity index (χ2v) is 9.03. The summed E-state index contributed by atoms with van der Waals surface area (Å²) in [5.41, 5.74) is 5.13. The summed E-state index contributed by atoms with van der Waals surface area (Å²) in [6.07, 6.45) is 0.977. The van der Waals surface area contributed by atoms with Crippen LogP contribution in [0.15, 0.2) is 29.2 Å². The Morgan fingerprint density at radius 1 is 1.18 bits per heavy atom. The molecule has 10 heteroatoms. The molecule has 1 fully saturated rings. The third kappa shape index (κ3) is 5.35. The van der Waals surface area contributed by atoms with Gasteiger partial charge in [0.25, 0.3) is 0 Å². The number of methoxy groups -OCH3 is 1. The van der Waals surface area contributed by atoms with Gasteiger partial charge in [0, 0.05) is 19.1 Å². The Morgan fingerprint density at radius 3 is 2.21 bits per heavy atom. The van der Waals surface area contributed by atoms with Gasteiger partial charge < -0.3 is 21.1 Å². The van der Waals surface area contributed by atoms with E-state index in [-0.39, 0.29) is 22.8 Å². The minimum atomic E-state index is -3.59. The molecule has 28 heavy (non-hydrogen) atoms. The molecule has 0 aliphatic carbocycles. The minimum absolute atomic E-state index is 0.122. The van der Waals surface area contributed by atoms with E-state index >= 15 is 0 Å². The maximum atomic E-state index is 12.8. The summed E-state index contributed by atoms with van der Waals surface area (Å²) in [4.78, 5) is 23.7. The van der Waals surface area contributed by atoms with E-state index in [4.69, 9.17) is 10.5 Å². The van der Waals surface area contributed by atoms with Crippen LogP contribution in [0.4, 0.5) is 4.79 Å². The summed E-state index contributed by atoms with van der Waals surface area (Å²) in [6, 6.07) is 4.61. The molecule has 2 rings (SSSR count). The van der Waals surface area contributed by atoms with Crippen molar-refractivity contribution < 1.29 is 22.7 Å². The van der Waals surface area contributed by atoms with Crippen LogP contribution >= 0.6 is 0 Å². The fourth-order valence-electron chi connectivity index (χ4n) is 3.12. The first kappa shape index (κ1) is 22.0. The molecule has 156 valence electrons. The Kier molecular flexibility index (Phi) is 7.25. The highest BCUT2D eigenvalue weighted by Gasteiger charge is 2.31. The van der Waals surface area contributed by atoms with Crippen LogP contribution in [-0.2, 0) is 14.8 Å². The van der Waals surface area contributed by atoms with Gasteiger partial charge in [-0.2, -0.15) is 4.31 Å². The fraction of sp³-hybridized carbons (Fsp3) is 0.556. The van der Waals surface area contributed by atoms with Crippen molar-refractivity contribution in [3.63, 3.8) is 0 Å². The molecule has 4 N–H and O–H groups in total. The number of benzene rings is 1. The van der Waals surface area contributed by atoms with Gasteiger partial charge in [0.1, 0.15) is 11.8 Å². The van der Waals surface area contributed by atoms with Crippen LogP contribution in [-0.4, -0.2) is 56.9 Å². The lowest BCUT2D eigenvalue weighted by Gasteiger charge is -2.33. The molecule has 1 aromatic rings. The minimum Gasteiger partial charge on any atom is -0.497 e. The van der Waals surface area contributed by atoms with Crippen molar-refractivity contribution in [2.45, 2.75) is 43.7 Å². The predicted octanol–water partition coefficient (Wildman–Crippen LogP) is 0.657. The molecule has 1 aromatic carbocycles. The normalized spacial score (nSPS) is 17.1. The smallest absolute Gasteiger partial charge is 0.312 e. The number of ether oxygens (including phenoxy) is 1. The maximum Gasteiger partial charge on any atom is 0.312 e. The molecule has 0 spiro atoms. The summed E-state index contributed by atoms with van der Waals surface area (Å²) in [7, 11) is -2.07. The molecule has 3 amide bonds. The molecule has 0 bridgehead atoms. The van der Waals surface area contributed by atoms with Gasteiger partial charge in [0.05, 0.1) is 12.0 Å². The molecule has 1 aliphatic rings. The molecule has 0 radical (unpaired) electrons. The molecule has 1 aliphatic heterocycles. The number of urea groups is 1. The highest BCUT2D eigenvalue weighted by atomic mass is 32.2. The number of sulfonamides is 1. The Labute approximate surface area is 165 Å². The molecule has 0 aromatic heterocycles. The van der Waals surface area contributed by atoms with Gasteiger partial charge in [0.15, 0.2) is 0 Å². The van der Waals surface area contributed by atoms with Gasteiger partial charge in [-0.15, -0.1) is 0 Å². The average molecular weight is 413 g/mol. The molecule has 1 atom stereocenters. The lowest BCUT2D eigenvalue weighted by atomic mass is 10.0. The first-order valence-electron chi connectivity index (χ1n) is 9.15. The second kappa shape index (κ2) is 9.24. The summed E-state index contributed by atoms with van der Waals surface area (Å²) in [5.74, 6) is 0.151. The Hall–Kier alpha value is -2.33. The van der Waals surface area contributed by atoms with Crippen molar-refractivity contribution in [1.29, 1.82) is 0 Å². The van der Waals surface area contributed by atoms with Crippen molar-refractivity contribution in [3.8, 4) is 5.75 Å². The fourth-order valence-corrected chi connectivity index (χ4v) is 4.59. The van der Waals surface area contributed by atoms with Crippen molar-refractivity contribution >= 4 is 22.0 Å². The number of hydrogen-bond acceptors (Lipinski definition) is 5. The third-order valence-corrected chi connectivity index (χ3v) is 6.66. The number of carbonyl (C=O) groups is 2. The van der Waals surface area contributed by atoms with E-state index < -0.39 is 22.1 Å². The number of piperidine rings is 1. The van der Waals surface area contributed by atoms with Crippen LogP contribution in [0.5, 0.6) is 5.75 Å². The Balaban J connectivity index is 1.96. The van der Waals surface area contributed by atoms with Gasteiger partial charge in [0.2, 0.25) is 15.9 Å². The zero-order chi connectivity index (χ0) is 20.9. The number of nitrogens with zero attached hydrogens (tertiary/aromatic N) is 1. The number of rotatable bonds is 7. The number of hydrogen-bond donors (Lipinski definition) is 3. The predicted molar refractivity (Wildman–Crippen MR) is 104 cm³/mol. The van der Waals surface area contributed by atoms with Crippen molar-refractivity contribution in [3.05, 3.63) is 24.3 Å². The van der Waals surface area contributed by atoms with Gasteiger partial charge >= 0.3 is 6.03 Å². The highest BCUT2D eigenvalue weighted by Crippen LogP contribution is 2.23. The van der Waals surface area contributed by atoms with Crippen molar-refractivity contribution in [2.24, 2.45) is 11.7 Å². The first-order valence-corrected chi connectivity index (χ1v) is 10.6. The van der Waals surface area contributed by atoms with Crippen LogP contribution in [0.3, 0.4) is 0 Å². The molecule has 9 nitrogen and oxygen atoms in total. The van der Waals surface area contributed by atoms with E-state index in [1.165, 1.54) is 23.5 Å². The van der Waals surface area contributed by atoms with Gasteiger partial charge in [-0.1, -0.05) is 13.8 Å². The molecular weight excluding hydrogens is 384 g/mol. The van der Waals surface area contributed by atoms with Crippen molar-refractivity contribution in [2.75, 3.05) is 20.2 Å². The Bertz CT molecular complexity index is 787. The van der Waals surface area contributed by atoms with Crippen LogP contribution in [0.1, 0.15) is 26.7 Å². The highest BCUT2D eigenvalue weighted by molar-refractivity contribution is 7.89. The van der Waals surface area contributed by atoms with Crippen LogP contribution in [0, 0.1) is 5.92 Å². The van der Waals surface area contributed by atoms with Crippen LogP contribution in [0.25, 0.3) is 0 Å². The number of nitrogens with two attached hydrogens (primary N) is 1. The lowest BCUT2D eigenvalue weighted by molar-refractivity contribution is -0.124. The van der Waals surface area contributed by atoms with E-state index in [2.05, 4.69) is 10.6 Å². The van der Waals surface area contributed by atoms with Crippen LogP contribution < -0.4 is 21.1 Å². The van der Waals surface area contributed by atoms with E-state index in [9.17, 15) is 18.0 Å². The summed E-state index contributed by atoms with van der Waals surface area (Å²) in [5, 5.41) is 5.33. The number of carbonyl (C=O) groups excluding carboxylic acids is 2. The van der Waals surface area contributed by atoms with Crippen molar-refractivity contribution in [1.82, 2.24) is 14.9 Å². The summed E-state index contributed by atoms with van der Waals surface area (Å²) in [6.45, 7) is 4.22. The maximum absolute atomic E-state index is 12.8. The topological polar surface area (TPSA) is 131 Å². The van der Waals surface area contributed by atoms with E-state index in [1.807, 2.05) is 13.8 Å². The zero-order valence-corrected chi connectivity index (χ0v) is 17.2. The van der Waals surface area contributed by atoms with Gasteiger partial charge in [-0.05, 0) is 43.0 Å². The van der Waals surface area contributed by atoms with E-state index in [0.717, 1.165) is 0 Å². The third-order valence-electron chi connectivity index (χ3n) is 4.74.